The summed E-state index contributed by atoms with van der Waals surface area (Å²) in [5.74, 6) is -0.579. The third kappa shape index (κ3) is 2.67. The van der Waals surface area contributed by atoms with Gasteiger partial charge in [0.2, 0.25) is 5.91 Å². The van der Waals surface area contributed by atoms with Gasteiger partial charge in [-0.2, -0.15) is 0 Å². The van der Waals surface area contributed by atoms with Gasteiger partial charge in [-0.1, -0.05) is 0 Å². The molecule has 0 bridgehead atoms. The van der Waals surface area contributed by atoms with Gasteiger partial charge in [0.1, 0.15) is 24.4 Å². The number of aliphatic hydroxyl groups is 4. The van der Waals surface area contributed by atoms with Crippen molar-refractivity contribution in [3.05, 3.63) is 0 Å². The Morgan fingerprint density at radius 1 is 1.25 bits per heavy atom. The average Bonchev–Trinajstić information content (AvgIpc) is 2.29. The van der Waals surface area contributed by atoms with Crippen molar-refractivity contribution in [1.29, 1.82) is 0 Å². The molecule has 0 aliphatic carbocycles. The van der Waals surface area contributed by atoms with E-state index in [1.54, 1.807) is 0 Å². The van der Waals surface area contributed by atoms with Crippen molar-refractivity contribution >= 4 is 5.91 Å². The molecule has 16 heavy (non-hydrogen) atoms. The normalized spacial score (nSPS) is 39.4. The van der Waals surface area contributed by atoms with E-state index in [9.17, 15) is 20.1 Å². The van der Waals surface area contributed by atoms with Crippen LogP contribution < -0.4 is 11.1 Å². The monoisotopic (exact) mass is 236 g/mol. The first-order valence-corrected chi connectivity index (χ1v) is 4.81. The summed E-state index contributed by atoms with van der Waals surface area (Å²) in [4.78, 5) is 11.0. The van der Waals surface area contributed by atoms with Gasteiger partial charge in [-0.25, -0.2) is 0 Å². The smallest absolute Gasteiger partial charge is 0.235 e. The maximum Gasteiger partial charge on any atom is 0.235 e. The van der Waals surface area contributed by atoms with Crippen LogP contribution in [-0.4, -0.2) is 70.1 Å². The zero-order valence-corrected chi connectivity index (χ0v) is 8.48. The number of amides is 1. The van der Waals surface area contributed by atoms with Crippen LogP contribution in [0.3, 0.4) is 0 Å². The molecule has 8 heteroatoms. The average molecular weight is 236 g/mol. The van der Waals surface area contributed by atoms with Gasteiger partial charge in [0.05, 0.1) is 13.2 Å². The van der Waals surface area contributed by atoms with E-state index in [0.717, 1.165) is 0 Å². The minimum Gasteiger partial charge on any atom is -0.394 e. The van der Waals surface area contributed by atoms with E-state index in [2.05, 4.69) is 5.32 Å². The Hall–Kier alpha value is -0.770. The van der Waals surface area contributed by atoms with Crippen LogP contribution in [0.25, 0.3) is 0 Å². The molecular weight excluding hydrogens is 220 g/mol. The molecule has 1 fully saturated rings. The van der Waals surface area contributed by atoms with Gasteiger partial charge in [-0.15, -0.1) is 0 Å². The lowest BCUT2D eigenvalue weighted by molar-refractivity contribution is -0.235. The number of hydrogen-bond donors (Lipinski definition) is 6. The predicted molar refractivity (Wildman–Crippen MR) is 51.0 cm³/mol. The van der Waals surface area contributed by atoms with E-state index in [4.69, 9.17) is 15.6 Å². The van der Waals surface area contributed by atoms with Crippen LogP contribution in [0.4, 0.5) is 0 Å². The minimum atomic E-state index is -1.51. The lowest BCUT2D eigenvalue weighted by atomic mass is 9.98. The van der Waals surface area contributed by atoms with E-state index in [-0.39, 0.29) is 6.54 Å². The lowest BCUT2D eigenvalue weighted by Crippen LogP contribution is -2.63. The molecule has 8 nitrogen and oxygen atoms in total. The summed E-state index contributed by atoms with van der Waals surface area (Å²) in [6.45, 7) is -0.838. The van der Waals surface area contributed by atoms with Crippen LogP contribution in [0.15, 0.2) is 0 Å². The fraction of sp³-hybridized carbons (Fsp3) is 0.875. The van der Waals surface area contributed by atoms with E-state index in [0.29, 0.717) is 0 Å². The van der Waals surface area contributed by atoms with Crippen molar-refractivity contribution < 1.29 is 30.0 Å². The summed E-state index contributed by atoms with van der Waals surface area (Å²) in [6, 6.07) is 0. The van der Waals surface area contributed by atoms with Gasteiger partial charge in [-0.3, -0.25) is 4.79 Å². The van der Waals surface area contributed by atoms with Gasteiger partial charge in [0, 0.05) is 0 Å². The zero-order chi connectivity index (χ0) is 12.3. The van der Waals surface area contributed by atoms with Crippen molar-refractivity contribution in [3.63, 3.8) is 0 Å². The highest BCUT2D eigenvalue weighted by molar-refractivity contribution is 5.77. The van der Waals surface area contributed by atoms with E-state index in [1.807, 2.05) is 0 Å². The second-order valence-electron chi connectivity index (χ2n) is 3.52. The molecule has 0 aromatic rings. The second kappa shape index (κ2) is 5.53. The highest BCUT2D eigenvalue weighted by Gasteiger charge is 2.43. The Balaban J connectivity index is 2.67. The quantitative estimate of drug-likeness (QED) is 0.292. The largest absolute Gasteiger partial charge is 0.394 e. The third-order valence-corrected chi connectivity index (χ3v) is 2.38. The molecule has 7 N–H and O–H groups in total. The number of rotatable bonds is 3. The van der Waals surface area contributed by atoms with E-state index >= 15 is 0 Å². The van der Waals surface area contributed by atoms with Gasteiger partial charge >= 0.3 is 0 Å². The number of carbonyl (C=O) groups is 1. The molecule has 1 heterocycles. The van der Waals surface area contributed by atoms with Gasteiger partial charge in [0.25, 0.3) is 0 Å². The van der Waals surface area contributed by atoms with Crippen molar-refractivity contribution in [2.24, 2.45) is 5.73 Å². The summed E-state index contributed by atoms with van der Waals surface area (Å²) >= 11 is 0. The number of nitrogens with one attached hydrogen (secondary N) is 1. The summed E-state index contributed by atoms with van der Waals surface area (Å²) in [5, 5.41) is 39.4. The highest BCUT2D eigenvalue weighted by atomic mass is 16.6. The molecule has 0 radical (unpaired) electrons. The molecular formula is C8H16N2O6. The molecule has 1 saturated heterocycles. The molecule has 0 spiro atoms. The van der Waals surface area contributed by atoms with Crippen LogP contribution in [0.5, 0.6) is 0 Å². The number of carbonyl (C=O) groups excluding carboxylic acids is 1. The zero-order valence-electron chi connectivity index (χ0n) is 8.48. The number of hydrogen-bond acceptors (Lipinski definition) is 7. The summed E-state index contributed by atoms with van der Waals surface area (Å²) in [6.07, 6.45) is -6.67. The Bertz CT molecular complexity index is 249. The molecule has 0 saturated carbocycles. The van der Waals surface area contributed by atoms with Gasteiger partial charge in [0.15, 0.2) is 6.23 Å². The first-order valence-electron chi connectivity index (χ1n) is 4.81. The number of nitrogens with two attached hydrogens (primary N) is 1. The Kier molecular flexibility index (Phi) is 4.59. The Labute approximate surface area is 91.6 Å². The van der Waals surface area contributed by atoms with E-state index in [1.165, 1.54) is 0 Å². The van der Waals surface area contributed by atoms with Gasteiger partial charge < -0.3 is 36.2 Å². The van der Waals surface area contributed by atoms with E-state index < -0.39 is 43.2 Å². The highest BCUT2D eigenvalue weighted by Crippen LogP contribution is 2.19. The molecule has 0 aromatic heterocycles. The second-order valence-corrected chi connectivity index (χ2v) is 3.52. The molecule has 1 amide bonds. The summed E-state index contributed by atoms with van der Waals surface area (Å²) in [5.41, 5.74) is 5.05. The lowest BCUT2D eigenvalue weighted by Gasteiger charge is -2.40. The maximum absolute atomic E-state index is 11.0. The first kappa shape index (κ1) is 13.3. The van der Waals surface area contributed by atoms with Crippen LogP contribution in [0.1, 0.15) is 0 Å². The molecule has 94 valence electrons. The third-order valence-electron chi connectivity index (χ3n) is 2.38. The summed E-state index contributed by atoms with van der Waals surface area (Å²) in [7, 11) is 0. The Morgan fingerprint density at radius 3 is 2.38 bits per heavy atom. The fourth-order valence-corrected chi connectivity index (χ4v) is 1.44. The predicted octanol–water partition coefficient (Wildman–Crippen LogP) is -4.14. The molecule has 0 aromatic carbocycles. The number of aliphatic hydroxyl groups excluding tert-OH is 4. The van der Waals surface area contributed by atoms with Crippen LogP contribution in [0, 0.1) is 0 Å². The molecule has 1 aliphatic rings. The molecule has 1 rings (SSSR count). The van der Waals surface area contributed by atoms with Crippen molar-refractivity contribution in [1.82, 2.24) is 5.32 Å². The van der Waals surface area contributed by atoms with Crippen molar-refractivity contribution in [2.45, 2.75) is 30.6 Å². The fourth-order valence-electron chi connectivity index (χ4n) is 1.44. The molecule has 1 unspecified atom stereocenters. The SMILES string of the molecule is NCC(=O)NC1O[C@H](CO)[C@H](O)[C@H](O)[C@H]1O. The van der Waals surface area contributed by atoms with Crippen LogP contribution in [-0.2, 0) is 9.53 Å². The molecule has 5 atom stereocenters. The maximum atomic E-state index is 11.0. The van der Waals surface area contributed by atoms with Crippen LogP contribution >= 0.6 is 0 Å². The van der Waals surface area contributed by atoms with Gasteiger partial charge in [-0.05, 0) is 0 Å². The van der Waals surface area contributed by atoms with Crippen molar-refractivity contribution in [3.8, 4) is 0 Å². The Morgan fingerprint density at radius 2 is 1.88 bits per heavy atom. The molecule has 1 aliphatic heterocycles. The topological polar surface area (TPSA) is 145 Å². The first-order chi connectivity index (χ1) is 7.51. The standard InChI is InChI=1S/C8H16N2O6/c9-1-4(12)10-8-7(15)6(14)5(13)3(2-11)16-8/h3,5-8,11,13-15H,1-2,9H2,(H,10,12)/t3-,5+,6+,7-,8?/m1/s1. The van der Waals surface area contributed by atoms with Crippen LogP contribution in [0.2, 0.25) is 0 Å². The summed E-state index contributed by atoms with van der Waals surface area (Å²) < 4.78 is 5.01. The van der Waals surface area contributed by atoms with Crippen molar-refractivity contribution in [2.75, 3.05) is 13.2 Å². The minimum absolute atomic E-state index is 0.297. The number of ether oxygens (including phenoxy) is 1.